The predicted molar refractivity (Wildman–Crippen MR) is 80.2 cm³/mol. The molecule has 1 aromatic rings. The van der Waals surface area contributed by atoms with Gasteiger partial charge in [-0.3, -0.25) is 0 Å². The molecule has 0 aromatic carbocycles. The summed E-state index contributed by atoms with van der Waals surface area (Å²) in [5.41, 5.74) is 2.44. The van der Waals surface area contributed by atoms with Gasteiger partial charge >= 0.3 is 0 Å². The van der Waals surface area contributed by atoms with Crippen molar-refractivity contribution in [1.82, 2.24) is 4.98 Å². The normalized spacial score (nSPS) is 18.8. The van der Waals surface area contributed by atoms with Crippen molar-refractivity contribution in [2.45, 2.75) is 48.0 Å². The lowest BCUT2D eigenvalue weighted by Gasteiger charge is -2.19. The lowest BCUT2D eigenvalue weighted by Crippen LogP contribution is -2.22. The molecule has 2 heterocycles. The lowest BCUT2D eigenvalue weighted by atomic mass is 9.95. The minimum absolute atomic E-state index is 0.788. The van der Waals surface area contributed by atoms with Crippen LogP contribution in [0.5, 0.6) is 0 Å². The smallest absolute Gasteiger partial charge is 0.128 e. The molecule has 0 N–H and O–H groups in total. The zero-order chi connectivity index (χ0) is 13.7. The Morgan fingerprint density at radius 1 is 1.22 bits per heavy atom. The molecule has 1 unspecified atom stereocenters. The van der Waals surface area contributed by atoms with E-state index >= 15 is 0 Å². The maximum absolute atomic E-state index is 4.67. The Labute approximate surface area is 112 Å². The SMILES string of the molecule is CC.Cc1ccc(N2CCC(C(C)C)C2)nc1C. The standard InChI is InChI=1S/C14H22N2.C2H6/c1-10(2)13-7-8-16(9-13)14-6-5-11(3)12(4)15-14;1-2/h5-6,10,13H,7-9H2,1-4H3;1-2H3. The third kappa shape index (κ3) is 3.47. The Morgan fingerprint density at radius 3 is 2.39 bits per heavy atom. The molecule has 102 valence electrons. The van der Waals surface area contributed by atoms with E-state index in [2.05, 4.69) is 49.7 Å². The van der Waals surface area contributed by atoms with Crippen LogP contribution in [0.25, 0.3) is 0 Å². The first-order chi connectivity index (χ1) is 8.58. The number of anilines is 1. The third-order valence-corrected chi connectivity index (χ3v) is 3.83. The predicted octanol–water partition coefficient (Wildman–Crippen LogP) is 4.21. The summed E-state index contributed by atoms with van der Waals surface area (Å²) in [6, 6.07) is 4.34. The van der Waals surface area contributed by atoms with Crippen molar-refractivity contribution >= 4 is 5.82 Å². The molecule has 1 fully saturated rings. The maximum Gasteiger partial charge on any atom is 0.128 e. The van der Waals surface area contributed by atoms with Gasteiger partial charge in [0.05, 0.1) is 0 Å². The van der Waals surface area contributed by atoms with Crippen LogP contribution in [-0.4, -0.2) is 18.1 Å². The Kier molecular flexibility index (Phi) is 5.64. The topological polar surface area (TPSA) is 16.1 Å². The number of rotatable bonds is 2. The molecule has 2 nitrogen and oxygen atoms in total. The molecule has 18 heavy (non-hydrogen) atoms. The Bertz CT molecular complexity index is 371. The second-order valence-corrected chi connectivity index (χ2v) is 5.31. The molecule has 0 aliphatic carbocycles. The molecule has 0 amide bonds. The maximum atomic E-state index is 4.67. The second kappa shape index (κ2) is 6.77. The summed E-state index contributed by atoms with van der Waals surface area (Å²) in [7, 11) is 0. The fourth-order valence-corrected chi connectivity index (χ4v) is 2.33. The molecule has 1 aromatic heterocycles. The summed E-state index contributed by atoms with van der Waals surface area (Å²) >= 11 is 0. The van der Waals surface area contributed by atoms with Crippen LogP contribution in [0.1, 0.15) is 45.4 Å². The Morgan fingerprint density at radius 2 is 1.89 bits per heavy atom. The van der Waals surface area contributed by atoms with Gasteiger partial charge in [0.2, 0.25) is 0 Å². The number of aryl methyl sites for hydroxylation is 2. The van der Waals surface area contributed by atoms with Gasteiger partial charge in [-0.25, -0.2) is 4.98 Å². The zero-order valence-electron chi connectivity index (χ0n) is 12.8. The number of aromatic nitrogens is 1. The quantitative estimate of drug-likeness (QED) is 0.779. The van der Waals surface area contributed by atoms with Crippen molar-refractivity contribution in [2.24, 2.45) is 11.8 Å². The zero-order valence-corrected chi connectivity index (χ0v) is 12.8. The summed E-state index contributed by atoms with van der Waals surface area (Å²) in [4.78, 5) is 7.10. The first-order valence-corrected chi connectivity index (χ1v) is 7.27. The van der Waals surface area contributed by atoms with E-state index in [1.807, 2.05) is 13.8 Å². The Hall–Kier alpha value is -1.05. The van der Waals surface area contributed by atoms with E-state index in [0.717, 1.165) is 23.3 Å². The molecule has 2 heteroatoms. The monoisotopic (exact) mass is 248 g/mol. The highest BCUT2D eigenvalue weighted by Gasteiger charge is 2.25. The van der Waals surface area contributed by atoms with Gasteiger partial charge in [0.1, 0.15) is 5.82 Å². The van der Waals surface area contributed by atoms with Gasteiger partial charge in [0.15, 0.2) is 0 Å². The lowest BCUT2D eigenvalue weighted by molar-refractivity contribution is 0.422. The molecule has 1 atom stereocenters. The molecule has 0 bridgehead atoms. The van der Waals surface area contributed by atoms with Gasteiger partial charge < -0.3 is 4.90 Å². The highest BCUT2D eigenvalue weighted by atomic mass is 15.2. The molecular formula is C16H28N2. The third-order valence-electron chi connectivity index (χ3n) is 3.83. The van der Waals surface area contributed by atoms with Gasteiger partial charge in [-0.2, -0.15) is 0 Å². The minimum atomic E-state index is 0.788. The van der Waals surface area contributed by atoms with E-state index in [1.165, 1.54) is 25.1 Å². The number of nitrogens with zero attached hydrogens (tertiary/aromatic N) is 2. The van der Waals surface area contributed by atoms with Gasteiger partial charge in [-0.05, 0) is 43.7 Å². The van der Waals surface area contributed by atoms with Gasteiger partial charge in [0, 0.05) is 18.8 Å². The van der Waals surface area contributed by atoms with Crippen LogP contribution in [0.2, 0.25) is 0 Å². The van der Waals surface area contributed by atoms with Crippen LogP contribution in [-0.2, 0) is 0 Å². The molecule has 1 aliphatic heterocycles. The first-order valence-electron chi connectivity index (χ1n) is 7.27. The summed E-state index contributed by atoms with van der Waals surface area (Å²) in [5.74, 6) is 2.78. The largest absolute Gasteiger partial charge is 0.356 e. The molecule has 2 rings (SSSR count). The van der Waals surface area contributed by atoms with Crippen LogP contribution >= 0.6 is 0 Å². The molecular weight excluding hydrogens is 220 g/mol. The number of hydrogen-bond donors (Lipinski definition) is 0. The summed E-state index contributed by atoms with van der Waals surface area (Å²) in [5, 5.41) is 0. The van der Waals surface area contributed by atoms with Crippen molar-refractivity contribution < 1.29 is 0 Å². The van der Waals surface area contributed by atoms with Crippen LogP contribution in [0.4, 0.5) is 5.82 Å². The number of pyridine rings is 1. The van der Waals surface area contributed by atoms with Crippen molar-refractivity contribution in [3.63, 3.8) is 0 Å². The molecule has 0 saturated carbocycles. The van der Waals surface area contributed by atoms with E-state index in [0.29, 0.717) is 0 Å². The average Bonchev–Trinajstić information content (AvgIpc) is 2.85. The molecule has 0 spiro atoms. The van der Waals surface area contributed by atoms with E-state index in [1.54, 1.807) is 0 Å². The van der Waals surface area contributed by atoms with E-state index in [4.69, 9.17) is 0 Å². The van der Waals surface area contributed by atoms with Crippen molar-refractivity contribution in [3.8, 4) is 0 Å². The minimum Gasteiger partial charge on any atom is -0.356 e. The highest BCUT2D eigenvalue weighted by molar-refractivity contribution is 5.42. The van der Waals surface area contributed by atoms with Crippen LogP contribution in [0, 0.1) is 25.7 Å². The van der Waals surface area contributed by atoms with Crippen LogP contribution in [0.3, 0.4) is 0 Å². The summed E-state index contributed by atoms with van der Waals surface area (Å²) < 4.78 is 0. The summed E-state index contributed by atoms with van der Waals surface area (Å²) in [6.07, 6.45) is 1.31. The number of hydrogen-bond acceptors (Lipinski definition) is 2. The van der Waals surface area contributed by atoms with Crippen LogP contribution < -0.4 is 4.90 Å². The van der Waals surface area contributed by atoms with Crippen molar-refractivity contribution in [3.05, 3.63) is 23.4 Å². The average molecular weight is 248 g/mol. The van der Waals surface area contributed by atoms with Gasteiger partial charge in [0.25, 0.3) is 0 Å². The van der Waals surface area contributed by atoms with Crippen molar-refractivity contribution in [1.29, 1.82) is 0 Å². The molecule has 1 aliphatic rings. The molecule has 1 saturated heterocycles. The van der Waals surface area contributed by atoms with E-state index in [9.17, 15) is 0 Å². The second-order valence-electron chi connectivity index (χ2n) is 5.31. The van der Waals surface area contributed by atoms with Crippen LogP contribution in [0.15, 0.2) is 12.1 Å². The van der Waals surface area contributed by atoms with Gasteiger partial charge in [-0.15, -0.1) is 0 Å². The molecule has 0 radical (unpaired) electrons. The Balaban J connectivity index is 0.000000771. The van der Waals surface area contributed by atoms with Gasteiger partial charge in [-0.1, -0.05) is 33.8 Å². The highest BCUT2D eigenvalue weighted by Crippen LogP contribution is 2.27. The first kappa shape index (κ1) is 15.0. The summed E-state index contributed by atoms with van der Waals surface area (Å²) in [6.45, 7) is 15.2. The van der Waals surface area contributed by atoms with Crippen molar-refractivity contribution in [2.75, 3.05) is 18.0 Å². The van der Waals surface area contributed by atoms with E-state index < -0.39 is 0 Å². The fraction of sp³-hybridized carbons (Fsp3) is 0.688. The van der Waals surface area contributed by atoms with E-state index in [-0.39, 0.29) is 0 Å². The fourth-order valence-electron chi connectivity index (χ4n) is 2.33.